The molecule has 0 fully saturated rings. The maximum Gasteiger partial charge on any atom is 0.415 e. The van der Waals surface area contributed by atoms with Crippen LogP contribution >= 0.6 is 0 Å². The third-order valence-electron chi connectivity index (χ3n) is 1.54. The summed E-state index contributed by atoms with van der Waals surface area (Å²) in [5, 5.41) is 11.6. The molecule has 0 aliphatic heterocycles. The van der Waals surface area contributed by atoms with Crippen LogP contribution in [0.2, 0.25) is 0 Å². The van der Waals surface area contributed by atoms with Gasteiger partial charge in [0.2, 0.25) is 0 Å². The molecule has 0 rings (SSSR count). The fraction of sp³-hybridized carbons (Fsp3) is 1.00. The first kappa shape index (κ1) is 15.0. The SMILES string of the molecule is CC(C)(C)O[C@@H](C(CO)N=[N+]=[N-])C(F)(F)F. The van der Waals surface area contributed by atoms with E-state index in [0.717, 1.165) is 0 Å². The van der Waals surface area contributed by atoms with Crippen LogP contribution in [-0.4, -0.2) is 35.6 Å². The van der Waals surface area contributed by atoms with Crippen LogP contribution in [-0.2, 0) is 4.74 Å². The summed E-state index contributed by atoms with van der Waals surface area (Å²) >= 11 is 0. The molecule has 0 saturated carbocycles. The van der Waals surface area contributed by atoms with Gasteiger partial charge in [-0.05, 0) is 26.3 Å². The average Bonchev–Trinajstić information content (AvgIpc) is 2.07. The zero-order valence-corrected chi connectivity index (χ0v) is 9.19. The van der Waals surface area contributed by atoms with Crippen LogP contribution < -0.4 is 0 Å². The van der Waals surface area contributed by atoms with E-state index in [9.17, 15) is 13.2 Å². The van der Waals surface area contributed by atoms with E-state index in [1.807, 2.05) is 0 Å². The predicted octanol–water partition coefficient (Wildman–Crippen LogP) is 2.40. The number of aliphatic hydroxyl groups excluding tert-OH is 1. The Balaban J connectivity index is 5.00. The molecule has 0 aromatic carbocycles. The predicted molar refractivity (Wildman–Crippen MR) is 50.7 cm³/mol. The van der Waals surface area contributed by atoms with E-state index in [2.05, 4.69) is 10.0 Å². The molecule has 94 valence electrons. The number of azide groups is 1. The second-order valence-corrected chi connectivity index (χ2v) is 4.15. The monoisotopic (exact) mass is 241 g/mol. The van der Waals surface area contributed by atoms with Gasteiger partial charge < -0.3 is 9.84 Å². The summed E-state index contributed by atoms with van der Waals surface area (Å²) in [5.41, 5.74) is 7.05. The first-order chi connectivity index (χ1) is 7.11. The molecule has 0 amide bonds. The number of nitrogens with zero attached hydrogens (tertiary/aromatic N) is 3. The molecule has 8 heteroatoms. The number of alkyl halides is 3. The van der Waals surface area contributed by atoms with Gasteiger partial charge >= 0.3 is 6.18 Å². The molecule has 0 radical (unpaired) electrons. The largest absolute Gasteiger partial charge is 0.415 e. The molecule has 1 N–H and O–H groups in total. The molecule has 0 aliphatic carbocycles. The Hall–Kier alpha value is -0.980. The average molecular weight is 241 g/mol. The minimum atomic E-state index is -4.70. The minimum absolute atomic E-state index is 0.926. The second kappa shape index (κ2) is 5.38. The van der Waals surface area contributed by atoms with Gasteiger partial charge in [-0.15, -0.1) is 0 Å². The van der Waals surface area contributed by atoms with Gasteiger partial charge in [0.1, 0.15) is 0 Å². The maximum atomic E-state index is 12.6. The van der Waals surface area contributed by atoms with E-state index >= 15 is 0 Å². The van der Waals surface area contributed by atoms with Crippen molar-refractivity contribution in [3.05, 3.63) is 10.4 Å². The van der Waals surface area contributed by atoms with Crippen LogP contribution in [0.1, 0.15) is 20.8 Å². The number of hydrogen-bond donors (Lipinski definition) is 1. The molecule has 5 nitrogen and oxygen atoms in total. The summed E-state index contributed by atoms with van der Waals surface area (Å²) in [4.78, 5) is 2.26. The fourth-order valence-electron chi connectivity index (χ4n) is 1.00. The summed E-state index contributed by atoms with van der Waals surface area (Å²) in [5.74, 6) is 0. The zero-order valence-electron chi connectivity index (χ0n) is 9.19. The van der Waals surface area contributed by atoms with Crippen molar-refractivity contribution in [1.29, 1.82) is 0 Å². The molecule has 0 aromatic heterocycles. The van der Waals surface area contributed by atoms with Crippen molar-refractivity contribution < 1.29 is 23.0 Å². The fourth-order valence-corrected chi connectivity index (χ4v) is 1.00. The highest BCUT2D eigenvalue weighted by atomic mass is 19.4. The Bertz CT molecular complexity index is 269. The van der Waals surface area contributed by atoms with Gasteiger partial charge in [0, 0.05) is 4.91 Å². The van der Waals surface area contributed by atoms with Gasteiger partial charge in [-0.2, -0.15) is 13.2 Å². The molecule has 1 unspecified atom stereocenters. The quantitative estimate of drug-likeness (QED) is 0.466. The molecule has 0 heterocycles. The minimum Gasteiger partial charge on any atom is -0.396 e. The van der Waals surface area contributed by atoms with Crippen LogP contribution in [0, 0.1) is 0 Å². The molecule has 0 bridgehead atoms. The second-order valence-electron chi connectivity index (χ2n) is 4.15. The lowest BCUT2D eigenvalue weighted by Gasteiger charge is -2.31. The van der Waals surface area contributed by atoms with Crippen LogP contribution in [0.25, 0.3) is 10.4 Å². The first-order valence-electron chi connectivity index (χ1n) is 4.51. The molecular weight excluding hydrogens is 227 g/mol. The van der Waals surface area contributed by atoms with Crippen molar-refractivity contribution in [2.24, 2.45) is 5.11 Å². The van der Waals surface area contributed by atoms with E-state index in [0.29, 0.717) is 0 Å². The molecule has 16 heavy (non-hydrogen) atoms. The smallest absolute Gasteiger partial charge is 0.396 e. The van der Waals surface area contributed by atoms with Gasteiger partial charge in [0.15, 0.2) is 6.10 Å². The topological polar surface area (TPSA) is 78.2 Å². The van der Waals surface area contributed by atoms with Crippen molar-refractivity contribution in [3.8, 4) is 0 Å². The Kier molecular flexibility index (Phi) is 5.05. The van der Waals surface area contributed by atoms with E-state index in [-0.39, 0.29) is 0 Å². The van der Waals surface area contributed by atoms with Crippen molar-refractivity contribution in [2.45, 2.75) is 44.7 Å². The van der Waals surface area contributed by atoms with E-state index in [1.54, 1.807) is 0 Å². The molecule has 0 saturated heterocycles. The van der Waals surface area contributed by atoms with Gasteiger partial charge in [-0.25, -0.2) is 0 Å². The van der Waals surface area contributed by atoms with Crippen LogP contribution in [0.3, 0.4) is 0 Å². The number of halogens is 3. The molecule has 0 aromatic rings. The highest BCUT2D eigenvalue weighted by molar-refractivity contribution is 4.85. The highest BCUT2D eigenvalue weighted by Gasteiger charge is 2.47. The lowest BCUT2D eigenvalue weighted by Crippen LogP contribution is -2.46. The van der Waals surface area contributed by atoms with E-state index < -0.39 is 30.5 Å². The Morgan fingerprint density at radius 1 is 1.38 bits per heavy atom. The normalized spacial score (nSPS) is 16.4. The van der Waals surface area contributed by atoms with Crippen molar-refractivity contribution >= 4 is 0 Å². The summed E-state index contributed by atoms with van der Waals surface area (Å²) in [6.07, 6.45) is -7.01. The lowest BCUT2D eigenvalue weighted by atomic mass is 10.1. The molecule has 2 atom stereocenters. The lowest BCUT2D eigenvalue weighted by molar-refractivity contribution is -0.253. The van der Waals surface area contributed by atoms with Gasteiger partial charge in [-0.3, -0.25) is 0 Å². The van der Waals surface area contributed by atoms with Crippen molar-refractivity contribution in [1.82, 2.24) is 0 Å². The first-order valence-corrected chi connectivity index (χ1v) is 4.51. The number of hydrogen-bond acceptors (Lipinski definition) is 3. The van der Waals surface area contributed by atoms with Crippen LogP contribution in [0.15, 0.2) is 5.11 Å². The van der Waals surface area contributed by atoms with Gasteiger partial charge in [0.25, 0.3) is 0 Å². The zero-order chi connectivity index (χ0) is 13.0. The molecule has 0 spiro atoms. The number of aliphatic hydroxyl groups is 1. The molecule has 0 aliphatic rings. The summed E-state index contributed by atoms with van der Waals surface area (Å²) < 4.78 is 42.5. The maximum absolute atomic E-state index is 12.6. The summed E-state index contributed by atoms with van der Waals surface area (Å²) in [7, 11) is 0. The van der Waals surface area contributed by atoms with Crippen molar-refractivity contribution in [2.75, 3.05) is 6.61 Å². The molecular formula is C8H14F3N3O2. The van der Waals surface area contributed by atoms with Gasteiger partial charge in [-0.1, -0.05) is 5.11 Å². The van der Waals surface area contributed by atoms with Crippen molar-refractivity contribution in [3.63, 3.8) is 0 Å². The number of rotatable bonds is 4. The van der Waals surface area contributed by atoms with E-state index in [4.69, 9.17) is 15.4 Å². The van der Waals surface area contributed by atoms with Crippen LogP contribution in [0.5, 0.6) is 0 Å². The standard InChI is InChI=1S/C8H14F3N3O2/c1-7(2,3)16-6(8(9,10)11)5(4-15)13-14-12/h5-6,15H,4H2,1-3H3/t5?,6-/m0/s1. The van der Waals surface area contributed by atoms with Crippen LogP contribution in [0.4, 0.5) is 13.2 Å². The Labute approximate surface area is 90.8 Å². The summed E-state index contributed by atoms with van der Waals surface area (Å²) in [6, 6.07) is -1.68. The third-order valence-corrected chi connectivity index (χ3v) is 1.54. The Morgan fingerprint density at radius 3 is 2.12 bits per heavy atom. The Morgan fingerprint density at radius 2 is 1.88 bits per heavy atom. The summed E-state index contributed by atoms with van der Waals surface area (Å²) in [6.45, 7) is 3.40. The number of ether oxygens (including phenoxy) is 1. The highest BCUT2D eigenvalue weighted by Crippen LogP contribution is 2.30. The van der Waals surface area contributed by atoms with Gasteiger partial charge in [0.05, 0.1) is 18.2 Å². The van der Waals surface area contributed by atoms with E-state index in [1.165, 1.54) is 20.8 Å². The third kappa shape index (κ3) is 5.20.